The molecule has 0 amide bonds. The highest BCUT2D eigenvalue weighted by Crippen LogP contribution is 2.31. The van der Waals surface area contributed by atoms with Crippen molar-refractivity contribution in [2.45, 2.75) is 39.2 Å². The molecule has 0 radical (unpaired) electrons. The van der Waals surface area contributed by atoms with Crippen LogP contribution in [0.5, 0.6) is 0 Å². The Hall–Kier alpha value is -1.98. The summed E-state index contributed by atoms with van der Waals surface area (Å²) in [5.74, 6) is 1.30. The molecule has 2 atom stereocenters. The third-order valence-corrected chi connectivity index (χ3v) is 4.46. The van der Waals surface area contributed by atoms with Crippen LogP contribution in [0.3, 0.4) is 0 Å². The molecule has 2 N–H and O–H groups in total. The van der Waals surface area contributed by atoms with Crippen LogP contribution in [0.1, 0.15) is 32.6 Å². The third kappa shape index (κ3) is 2.89. The van der Waals surface area contributed by atoms with E-state index in [1.807, 2.05) is 0 Å². The smallest absolute Gasteiger partial charge is 0.184 e. The molecule has 0 saturated heterocycles. The molecule has 6 heteroatoms. The summed E-state index contributed by atoms with van der Waals surface area (Å²) in [7, 11) is 0. The van der Waals surface area contributed by atoms with Crippen molar-refractivity contribution >= 4 is 5.69 Å². The van der Waals surface area contributed by atoms with Crippen LogP contribution in [-0.2, 0) is 6.54 Å². The first-order valence-corrected chi connectivity index (χ1v) is 7.46. The highest BCUT2D eigenvalue weighted by molar-refractivity contribution is 5.59. The van der Waals surface area contributed by atoms with Crippen LogP contribution in [0.4, 0.5) is 10.1 Å². The lowest BCUT2D eigenvalue weighted by Gasteiger charge is -2.28. The van der Waals surface area contributed by atoms with E-state index >= 15 is 0 Å². The maximum absolute atomic E-state index is 14.1. The molecule has 3 rings (SSSR count). The maximum atomic E-state index is 14.1. The number of nitrogens with zero attached hydrogens (tertiary/aromatic N) is 4. The molecule has 1 aromatic carbocycles. The van der Waals surface area contributed by atoms with Crippen molar-refractivity contribution in [2.24, 2.45) is 11.8 Å². The van der Waals surface area contributed by atoms with Crippen molar-refractivity contribution < 1.29 is 4.39 Å². The van der Waals surface area contributed by atoms with E-state index in [1.54, 1.807) is 16.8 Å². The molecule has 1 saturated carbocycles. The third-order valence-electron chi connectivity index (χ3n) is 4.46. The van der Waals surface area contributed by atoms with Crippen LogP contribution in [0.15, 0.2) is 18.2 Å². The second-order valence-corrected chi connectivity index (χ2v) is 5.95. The zero-order chi connectivity index (χ0) is 14.8. The van der Waals surface area contributed by atoms with Gasteiger partial charge in [-0.3, -0.25) is 0 Å². The Kier molecular flexibility index (Phi) is 3.86. The number of anilines is 1. The maximum Gasteiger partial charge on any atom is 0.184 e. The summed E-state index contributed by atoms with van der Waals surface area (Å²) in [5.41, 5.74) is 6.39. The normalized spacial score (nSPS) is 22.4. The van der Waals surface area contributed by atoms with E-state index in [9.17, 15) is 4.39 Å². The van der Waals surface area contributed by atoms with E-state index in [0.717, 1.165) is 6.54 Å². The Morgan fingerprint density at radius 1 is 1.33 bits per heavy atom. The molecular formula is C15H20FN5. The van der Waals surface area contributed by atoms with Crippen LogP contribution in [0.2, 0.25) is 0 Å². The highest BCUT2D eigenvalue weighted by Gasteiger charge is 2.24. The summed E-state index contributed by atoms with van der Waals surface area (Å²) in [6.45, 7) is 3.02. The van der Waals surface area contributed by atoms with Gasteiger partial charge in [0.25, 0.3) is 0 Å². The Balaban J connectivity index is 1.86. The molecule has 0 bridgehead atoms. The fourth-order valence-electron chi connectivity index (χ4n) is 3.12. The van der Waals surface area contributed by atoms with Crippen LogP contribution >= 0.6 is 0 Å². The summed E-state index contributed by atoms with van der Waals surface area (Å²) in [6.07, 6.45) is 4.98. The summed E-state index contributed by atoms with van der Waals surface area (Å²) in [5, 5.41) is 11.7. The second kappa shape index (κ2) is 5.79. The molecule has 1 heterocycles. The van der Waals surface area contributed by atoms with Gasteiger partial charge in [0.2, 0.25) is 0 Å². The van der Waals surface area contributed by atoms with Gasteiger partial charge in [0.1, 0.15) is 5.82 Å². The van der Waals surface area contributed by atoms with Gasteiger partial charge >= 0.3 is 0 Å². The molecule has 1 aromatic heterocycles. The first-order valence-electron chi connectivity index (χ1n) is 7.46. The van der Waals surface area contributed by atoms with E-state index in [1.165, 1.54) is 31.7 Å². The average Bonchev–Trinajstić information content (AvgIpc) is 2.89. The fourth-order valence-corrected chi connectivity index (χ4v) is 3.12. The lowest BCUT2D eigenvalue weighted by molar-refractivity contribution is 0.221. The van der Waals surface area contributed by atoms with E-state index < -0.39 is 0 Å². The molecule has 2 unspecified atom stereocenters. The number of nitrogens with two attached hydrogens (primary N) is 1. The number of tetrazole rings is 1. The minimum Gasteiger partial charge on any atom is -0.399 e. The molecule has 0 spiro atoms. The van der Waals surface area contributed by atoms with Gasteiger partial charge in [0, 0.05) is 12.2 Å². The van der Waals surface area contributed by atoms with Crippen molar-refractivity contribution in [1.82, 2.24) is 20.2 Å². The minimum atomic E-state index is -0.386. The summed E-state index contributed by atoms with van der Waals surface area (Å²) < 4.78 is 15.8. The van der Waals surface area contributed by atoms with Crippen LogP contribution in [-0.4, -0.2) is 20.2 Å². The summed E-state index contributed by atoms with van der Waals surface area (Å²) in [4.78, 5) is 0. The molecule has 1 aliphatic rings. The Morgan fingerprint density at radius 2 is 2.14 bits per heavy atom. The van der Waals surface area contributed by atoms with E-state index in [0.29, 0.717) is 28.9 Å². The monoisotopic (exact) mass is 289 g/mol. The largest absolute Gasteiger partial charge is 0.399 e. The molecule has 1 aliphatic carbocycles. The number of aromatic nitrogens is 4. The fraction of sp³-hybridized carbons (Fsp3) is 0.533. The number of hydrogen-bond acceptors (Lipinski definition) is 4. The van der Waals surface area contributed by atoms with Gasteiger partial charge in [-0.1, -0.05) is 26.2 Å². The van der Waals surface area contributed by atoms with Gasteiger partial charge in [0.15, 0.2) is 5.82 Å². The number of benzene rings is 1. The molecule has 5 nitrogen and oxygen atoms in total. The predicted molar refractivity (Wildman–Crippen MR) is 78.7 cm³/mol. The Morgan fingerprint density at radius 3 is 2.90 bits per heavy atom. The zero-order valence-electron chi connectivity index (χ0n) is 12.2. The molecule has 0 aliphatic heterocycles. The standard InChI is InChI=1S/C15H20FN5/c1-10-4-2-3-5-11(10)9-21-15(18-19-20-21)13-7-6-12(17)8-14(13)16/h6-8,10-11H,2-5,9,17H2,1H3. The number of hydrogen-bond donors (Lipinski definition) is 1. The minimum absolute atomic E-state index is 0.386. The van der Waals surface area contributed by atoms with Gasteiger partial charge in [-0.15, -0.1) is 5.10 Å². The average molecular weight is 289 g/mol. The molecule has 2 aromatic rings. The number of halogens is 1. The van der Waals surface area contributed by atoms with Crippen LogP contribution in [0, 0.1) is 17.7 Å². The lowest BCUT2D eigenvalue weighted by Crippen LogP contribution is -2.23. The quantitative estimate of drug-likeness (QED) is 0.882. The molecular weight excluding hydrogens is 269 g/mol. The van der Waals surface area contributed by atoms with E-state index in [4.69, 9.17) is 5.73 Å². The highest BCUT2D eigenvalue weighted by atomic mass is 19.1. The SMILES string of the molecule is CC1CCCCC1Cn1nnnc1-c1ccc(N)cc1F. The van der Waals surface area contributed by atoms with Crippen molar-refractivity contribution in [3.63, 3.8) is 0 Å². The van der Waals surface area contributed by atoms with E-state index in [2.05, 4.69) is 22.4 Å². The van der Waals surface area contributed by atoms with Gasteiger partial charge in [-0.05, 0) is 46.9 Å². The Bertz CT molecular complexity index is 624. The number of nitrogen functional groups attached to an aromatic ring is 1. The topological polar surface area (TPSA) is 69.6 Å². The van der Waals surface area contributed by atoms with Crippen molar-refractivity contribution in [2.75, 3.05) is 5.73 Å². The lowest BCUT2D eigenvalue weighted by atomic mass is 9.80. The zero-order valence-corrected chi connectivity index (χ0v) is 12.2. The molecule has 21 heavy (non-hydrogen) atoms. The van der Waals surface area contributed by atoms with Crippen molar-refractivity contribution in [3.8, 4) is 11.4 Å². The van der Waals surface area contributed by atoms with Crippen LogP contribution in [0.25, 0.3) is 11.4 Å². The predicted octanol–water partition coefficient (Wildman–Crippen LogP) is 2.89. The van der Waals surface area contributed by atoms with Crippen molar-refractivity contribution in [1.29, 1.82) is 0 Å². The first-order chi connectivity index (χ1) is 10.1. The summed E-state index contributed by atoms with van der Waals surface area (Å²) >= 11 is 0. The van der Waals surface area contributed by atoms with Gasteiger partial charge in [0.05, 0.1) is 5.56 Å². The van der Waals surface area contributed by atoms with Crippen molar-refractivity contribution in [3.05, 3.63) is 24.0 Å². The second-order valence-electron chi connectivity index (χ2n) is 5.95. The first kappa shape index (κ1) is 14.0. The van der Waals surface area contributed by atoms with E-state index in [-0.39, 0.29) is 5.82 Å². The molecule has 112 valence electrons. The van der Waals surface area contributed by atoms with Gasteiger partial charge in [-0.2, -0.15) is 0 Å². The number of rotatable bonds is 3. The Labute approximate surface area is 123 Å². The van der Waals surface area contributed by atoms with Crippen LogP contribution < -0.4 is 5.73 Å². The summed E-state index contributed by atoms with van der Waals surface area (Å²) in [6, 6.07) is 4.61. The molecule has 1 fully saturated rings. The van der Waals surface area contributed by atoms with Gasteiger partial charge < -0.3 is 5.73 Å². The van der Waals surface area contributed by atoms with Gasteiger partial charge in [-0.25, -0.2) is 9.07 Å².